The molecular weight excluding hydrogens is 244 g/mol. The van der Waals surface area contributed by atoms with E-state index in [0.29, 0.717) is 0 Å². The third-order valence-electron chi connectivity index (χ3n) is 3.00. The monoisotopic (exact) mass is 270 g/mol. The van der Waals surface area contributed by atoms with Gasteiger partial charge < -0.3 is 4.90 Å². The second-order valence-electron chi connectivity index (χ2n) is 5.82. The molecule has 20 heavy (non-hydrogen) atoms. The van der Waals surface area contributed by atoms with E-state index in [1.807, 2.05) is 36.3 Å². The fourth-order valence-electron chi connectivity index (χ4n) is 1.71. The molecule has 0 bridgehead atoms. The molecular formula is C18H26N2. The lowest BCUT2D eigenvalue weighted by molar-refractivity contribution is 0.517. The molecule has 1 heterocycles. The first-order chi connectivity index (χ1) is 9.45. The highest BCUT2D eigenvalue weighted by Gasteiger charge is 2.13. The Morgan fingerprint density at radius 3 is 2.60 bits per heavy atom. The molecule has 1 aromatic rings. The Hall–Kier alpha value is -1.83. The summed E-state index contributed by atoms with van der Waals surface area (Å²) in [5, 5.41) is 0. The van der Waals surface area contributed by atoms with Crippen LogP contribution in [0.1, 0.15) is 34.1 Å². The zero-order chi connectivity index (χ0) is 15.0. The summed E-state index contributed by atoms with van der Waals surface area (Å²) in [6.07, 6.45) is 13.6. The number of anilines is 1. The van der Waals surface area contributed by atoms with Gasteiger partial charge in [0.05, 0.1) is 0 Å². The van der Waals surface area contributed by atoms with E-state index < -0.39 is 0 Å². The van der Waals surface area contributed by atoms with Crippen molar-refractivity contribution in [2.45, 2.75) is 34.1 Å². The first kappa shape index (κ1) is 16.2. The number of nitrogens with zero attached hydrogens (tertiary/aromatic N) is 2. The molecule has 1 aromatic heterocycles. The van der Waals surface area contributed by atoms with Gasteiger partial charge in [0.25, 0.3) is 0 Å². The van der Waals surface area contributed by atoms with Crippen LogP contribution in [-0.4, -0.2) is 12.0 Å². The highest BCUT2D eigenvalue weighted by Crippen LogP contribution is 2.26. The third-order valence-corrected chi connectivity index (χ3v) is 3.00. The summed E-state index contributed by atoms with van der Waals surface area (Å²) in [6, 6.07) is 5.91. The molecule has 1 rings (SSSR count). The number of pyridine rings is 1. The van der Waals surface area contributed by atoms with E-state index >= 15 is 0 Å². The molecule has 2 nitrogen and oxygen atoms in total. The van der Waals surface area contributed by atoms with E-state index in [2.05, 4.69) is 57.0 Å². The number of aromatic nitrogens is 1. The number of hydrogen-bond donors (Lipinski definition) is 0. The van der Waals surface area contributed by atoms with Crippen LogP contribution in [0.5, 0.6) is 0 Å². The molecule has 0 radical (unpaired) electrons. The highest BCUT2D eigenvalue weighted by atomic mass is 15.1. The largest absolute Gasteiger partial charge is 0.336 e. The molecule has 0 aliphatic heterocycles. The van der Waals surface area contributed by atoms with Crippen molar-refractivity contribution in [3.05, 3.63) is 60.5 Å². The molecule has 0 atom stereocenters. The summed E-state index contributed by atoms with van der Waals surface area (Å²) in [5.74, 6) is 0.943. The van der Waals surface area contributed by atoms with Gasteiger partial charge in [-0.15, -0.1) is 0 Å². The summed E-state index contributed by atoms with van der Waals surface area (Å²) in [7, 11) is 2.01. The lowest BCUT2D eigenvalue weighted by atomic mass is 9.86. The van der Waals surface area contributed by atoms with Gasteiger partial charge in [0, 0.05) is 19.4 Å². The minimum Gasteiger partial charge on any atom is -0.336 e. The first-order valence-corrected chi connectivity index (χ1v) is 7.14. The summed E-state index contributed by atoms with van der Waals surface area (Å²) in [4.78, 5) is 6.33. The van der Waals surface area contributed by atoms with Crippen LogP contribution in [0.4, 0.5) is 5.82 Å². The normalized spacial score (nSPS) is 13.3. The van der Waals surface area contributed by atoms with E-state index in [1.54, 1.807) is 6.20 Å². The van der Waals surface area contributed by atoms with Crippen molar-refractivity contribution in [3.8, 4) is 0 Å². The van der Waals surface area contributed by atoms with Crippen LogP contribution in [0.3, 0.4) is 0 Å². The molecule has 0 aliphatic rings. The Bertz CT molecular complexity index is 476. The van der Waals surface area contributed by atoms with Crippen LogP contribution < -0.4 is 4.90 Å². The fraction of sp³-hybridized carbons (Fsp3) is 0.389. The maximum absolute atomic E-state index is 4.31. The van der Waals surface area contributed by atoms with Gasteiger partial charge >= 0.3 is 0 Å². The predicted octanol–water partition coefficient (Wildman–Crippen LogP) is 4.97. The van der Waals surface area contributed by atoms with Crippen molar-refractivity contribution in [1.82, 2.24) is 4.98 Å². The maximum atomic E-state index is 4.31. The standard InChI is InChI=1S/C18H26N2/c1-6-7-11-16(18(2,3)4)12-10-15-20(5)17-13-8-9-14-19-17/h7-15H,6H2,1-5H3/b11-7-,15-10-,16-12+. The second-order valence-corrected chi connectivity index (χ2v) is 5.82. The van der Waals surface area contributed by atoms with Crippen molar-refractivity contribution >= 4 is 5.82 Å². The van der Waals surface area contributed by atoms with E-state index in [1.165, 1.54) is 5.57 Å². The van der Waals surface area contributed by atoms with Crippen LogP contribution >= 0.6 is 0 Å². The molecule has 0 N–H and O–H groups in total. The summed E-state index contributed by atoms with van der Waals surface area (Å²) in [6.45, 7) is 8.85. The first-order valence-electron chi connectivity index (χ1n) is 7.14. The SMILES string of the molecule is CC\C=C/C(=C\C=C/N(C)c1ccccn1)C(C)(C)C. The fourth-order valence-corrected chi connectivity index (χ4v) is 1.71. The van der Waals surface area contributed by atoms with Crippen LogP contribution in [0.2, 0.25) is 0 Å². The van der Waals surface area contributed by atoms with Gasteiger partial charge in [0.1, 0.15) is 5.82 Å². The third kappa shape index (κ3) is 5.43. The van der Waals surface area contributed by atoms with Crippen LogP contribution in [0, 0.1) is 5.41 Å². The number of rotatable bonds is 5. The zero-order valence-electron chi connectivity index (χ0n) is 13.3. The summed E-state index contributed by atoms with van der Waals surface area (Å²) >= 11 is 0. The van der Waals surface area contributed by atoms with Gasteiger partial charge in [-0.05, 0) is 35.6 Å². The average molecular weight is 270 g/mol. The lowest BCUT2D eigenvalue weighted by Crippen LogP contribution is -2.09. The molecule has 0 saturated heterocycles. The minimum absolute atomic E-state index is 0.152. The topological polar surface area (TPSA) is 16.1 Å². The zero-order valence-corrected chi connectivity index (χ0v) is 13.3. The molecule has 2 heteroatoms. The molecule has 0 aliphatic carbocycles. The van der Waals surface area contributed by atoms with Crippen LogP contribution in [0.15, 0.2) is 60.5 Å². The summed E-state index contributed by atoms with van der Waals surface area (Å²) < 4.78 is 0. The summed E-state index contributed by atoms with van der Waals surface area (Å²) in [5.41, 5.74) is 1.48. The van der Waals surface area contributed by atoms with Crippen molar-refractivity contribution in [3.63, 3.8) is 0 Å². The Morgan fingerprint density at radius 1 is 1.30 bits per heavy atom. The molecule has 0 spiro atoms. The molecule has 0 amide bonds. The van der Waals surface area contributed by atoms with E-state index in [-0.39, 0.29) is 5.41 Å². The molecule has 108 valence electrons. The Balaban J connectivity index is 2.81. The number of allylic oxidation sites excluding steroid dienone is 5. The van der Waals surface area contributed by atoms with E-state index in [9.17, 15) is 0 Å². The van der Waals surface area contributed by atoms with Crippen LogP contribution in [-0.2, 0) is 0 Å². The minimum atomic E-state index is 0.152. The average Bonchev–Trinajstić information content (AvgIpc) is 2.42. The smallest absolute Gasteiger partial charge is 0.132 e. The van der Waals surface area contributed by atoms with Crippen LogP contribution in [0.25, 0.3) is 0 Å². The lowest BCUT2D eigenvalue weighted by Gasteiger charge is -2.20. The Labute approximate surface area is 123 Å². The molecule has 0 fully saturated rings. The van der Waals surface area contributed by atoms with Crippen molar-refractivity contribution in [1.29, 1.82) is 0 Å². The van der Waals surface area contributed by atoms with Crippen molar-refractivity contribution in [2.75, 3.05) is 11.9 Å². The van der Waals surface area contributed by atoms with E-state index in [0.717, 1.165) is 12.2 Å². The Kier molecular flexibility index (Phi) is 6.23. The van der Waals surface area contributed by atoms with Gasteiger partial charge in [0.15, 0.2) is 0 Å². The molecule has 0 unspecified atom stereocenters. The van der Waals surface area contributed by atoms with Gasteiger partial charge in [-0.3, -0.25) is 0 Å². The quantitative estimate of drug-likeness (QED) is 0.702. The Morgan fingerprint density at radius 2 is 2.05 bits per heavy atom. The van der Waals surface area contributed by atoms with Gasteiger partial charge in [0.2, 0.25) is 0 Å². The second kappa shape index (κ2) is 7.68. The van der Waals surface area contributed by atoms with Gasteiger partial charge in [-0.25, -0.2) is 4.98 Å². The van der Waals surface area contributed by atoms with Gasteiger partial charge in [-0.2, -0.15) is 0 Å². The van der Waals surface area contributed by atoms with E-state index in [4.69, 9.17) is 0 Å². The predicted molar refractivity (Wildman–Crippen MR) is 88.7 cm³/mol. The molecule has 0 aromatic carbocycles. The molecule has 0 saturated carbocycles. The number of hydrogen-bond acceptors (Lipinski definition) is 2. The van der Waals surface area contributed by atoms with Gasteiger partial charge in [-0.1, -0.05) is 52.0 Å². The van der Waals surface area contributed by atoms with Crippen molar-refractivity contribution in [2.24, 2.45) is 5.41 Å². The van der Waals surface area contributed by atoms with Crippen molar-refractivity contribution < 1.29 is 0 Å². The highest BCUT2D eigenvalue weighted by molar-refractivity contribution is 5.41. The maximum Gasteiger partial charge on any atom is 0.132 e.